The highest BCUT2D eigenvalue weighted by atomic mass is 32.2. The first-order valence-electron chi connectivity index (χ1n) is 5.74. The van der Waals surface area contributed by atoms with Crippen molar-refractivity contribution in [2.45, 2.75) is 32.2 Å². The standard InChI is InChI=1S/C10H18N2O3S/c1-2-16(14,15)12-10(13)8-6-3-4-7(5-6)9(8)11/h6-9H,2-5,11H2,1H3,(H,12,13). The molecule has 3 N–H and O–H groups in total. The van der Waals surface area contributed by atoms with Gasteiger partial charge in [-0.05, 0) is 38.0 Å². The number of hydrogen-bond donors (Lipinski definition) is 2. The van der Waals surface area contributed by atoms with E-state index in [0.29, 0.717) is 5.92 Å². The topological polar surface area (TPSA) is 89.3 Å². The van der Waals surface area contributed by atoms with Crippen LogP contribution in [0, 0.1) is 17.8 Å². The Labute approximate surface area is 95.8 Å². The Hall–Kier alpha value is -0.620. The molecule has 2 saturated carbocycles. The first-order chi connectivity index (χ1) is 7.44. The van der Waals surface area contributed by atoms with Crippen LogP contribution >= 0.6 is 0 Å². The largest absolute Gasteiger partial charge is 0.327 e. The lowest BCUT2D eigenvalue weighted by Gasteiger charge is -2.26. The molecule has 92 valence electrons. The van der Waals surface area contributed by atoms with E-state index in [4.69, 9.17) is 5.73 Å². The van der Waals surface area contributed by atoms with Gasteiger partial charge in [-0.15, -0.1) is 0 Å². The number of sulfonamides is 1. The van der Waals surface area contributed by atoms with Crippen molar-refractivity contribution in [3.8, 4) is 0 Å². The van der Waals surface area contributed by atoms with Gasteiger partial charge in [0, 0.05) is 6.04 Å². The second-order valence-electron chi connectivity index (χ2n) is 4.81. The molecule has 0 heterocycles. The van der Waals surface area contributed by atoms with Gasteiger partial charge in [0.2, 0.25) is 15.9 Å². The van der Waals surface area contributed by atoms with Gasteiger partial charge >= 0.3 is 0 Å². The summed E-state index contributed by atoms with van der Waals surface area (Å²) >= 11 is 0. The van der Waals surface area contributed by atoms with Crippen molar-refractivity contribution in [3.05, 3.63) is 0 Å². The maximum atomic E-state index is 11.8. The summed E-state index contributed by atoms with van der Waals surface area (Å²) in [6.07, 6.45) is 3.06. The van der Waals surface area contributed by atoms with Gasteiger partial charge in [-0.25, -0.2) is 8.42 Å². The summed E-state index contributed by atoms with van der Waals surface area (Å²) in [4.78, 5) is 11.8. The molecule has 2 aliphatic rings. The van der Waals surface area contributed by atoms with Crippen LogP contribution in [0.15, 0.2) is 0 Å². The van der Waals surface area contributed by atoms with Gasteiger partial charge < -0.3 is 5.73 Å². The first-order valence-corrected chi connectivity index (χ1v) is 7.39. The minimum absolute atomic E-state index is 0.0746. The first kappa shape index (κ1) is 11.9. The highest BCUT2D eigenvalue weighted by Gasteiger charge is 2.49. The van der Waals surface area contributed by atoms with Gasteiger partial charge in [0.1, 0.15) is 0 Å². The highest BCUT2D eigenvalue weighted by Crippen LogP contribution is 2.47. The van der Waals surface area contributed by atoms with Crippen LogP contribution in [0.25, 0.3) is 0 Å². The Bertz CT molecular complexity index is 391. The van der Waals surface area contributed by atoms with Crippen molar-refractivity contribution in [2.24, 2.45) is 23.5 Å². The van der Waals surface area contributed by atoms with E-state index in [-0.39, 0.29) is 23.6 Å². The third kappa shape index (κ3) is 1.96. The van der Waals surface area contributed by atoms with E-state index >= 15 is 0 Å². The monoisotopic (exact) mass is 246 g/mol. The fourth-order valence-corrected chi connectivity index (χ4v) is 3.61. The number of carbonyl (C=O) groups is 1. The summed E-state index contributed by atoms with van der Waals surface area (Å²) < 4.78 is 24.7. The van der Waals surface area contributed by atoms with E-state index in [1.54, 1.807) is 0 Å². The van der Waals surface area contributed by atoms with E-state index < -0.39 is 15.9 Å². The van der Waals surface area contributed by atoms with Gasteiger partial charge in [-0.3, -0.25) is 9.52 Å². The Kier molecular flexibility index (Phi) is 2.96. The minimum Gasteiger partial charge on any atom is -0.327 e. The van der Waals surface area contributed by atoms with Crippen LogP contribution < -0.4 is 10.5 Å². The molecule has 0 saturated heterocycles. The third-order valence-electron chi connectivity index (χ3n) is 3.92. The van der Waals surface area contributed by atoms with E-state index in [1.807, 2.05) is 0 Å². The zero-order valence-corrected chi connectivity index (χ0v) is 10.2. The fourth-order valence-electron chi connectivity index (χ4n) is 3.02. The van der Waals surface area contributed by atoms with Gasteiger partial charge in [0.15, 0.2) is 0 Å². The average Bonchev–Trinajstić information content (AvgIpc) is 2.76. The van der Waals surface area contributed by atoms with Crippen LogP contribution in [-0.2, 0) is 14.8 Å². The van der Waals surface area contributed by atoms with Crippen LogP contribution in [0.3, 0.4) is 0 Å². The number of amides is 1. The van der Waals surface area contributed by atoms with Crippen molar-refractivity contribution in [1.82, 2.24) is 4.72 Å². The molecular weight excluding hydrogens is 228 g/mol. The molecule has 0 aliphatic heterocycles. The molecule has 1 amide bonds. The van der Waals surface area contributed by atoms with Crippen molar-refractivity contribution in [3.63, 3.8) is 0 Å². The average molecular weight is 246 g/mol. The molecule has 2 fully saturated rings. The summed E-state index contributed by atoms with van der Waals surface area (Å²) in [5, 5.41) is 0. The number of nitrogens with two attached hydrogens (primary N) is 1. The molecule has 0 aromatic heterocycles. The van der Waals surface area contributed by atoms with Crippen molar-refractivity contribution in [2.75, 3.05) is 5.75 Å². The molecule has 16 heavy (non-hydrogen) atoms. The molecule has 2 bridgehead atoms. The predicted octanol–water partition coefficient (Wildman–Crippen LogP) is -0.174. The van der Waals surface area contributed by atoms with E-state index in [9.17, 15) is 13.2 Å². The molecule has 0 aromatic rings. The summed E-state index contributed by atoms with van der Waals surface area (Å²) in [5.74, 6) is -0.0896. The van der Waals surface area contributed by atoms with E-state index in [2.05, 4.69) is 4.72 Å². The zero-order chi connectivity index (χ0) is 11.9. The number of carbonyl (C=O) groups excluding carboxylic acids is 1. The smallest absolute Gasteiger partial charge is 0.238 e. The van der Waals surface area contributed by atoms with Gasteiger partial charge in [0.05, 0.1) is 11.7 Å². The van der Waals surface area contributed by atoms with Gasteiger partial charge in [-0.2, -0.15) is 0 Å². The van der Waals surface area contributed by atoms with E-state index in [0.717, 1.165) is 19.3 Å². The molecule has 0 radical (unpaired) electrons. The summed E-state index contributed by atoms with van der Waals surface area (Å²) in [7, 11) is -3.45. The van der Waals surface area contributed by atoms with Crippen LogP contribution in [0.1, 0.15) is 26.2 Å². The molecule has 4 atom stereocenters. The van der Waals surface area contributed by atoms with Crippen molar-refractivity contribution < 1.29 is 13.2 Å². The van der Waals surface area contributed by atoms with E-state index in [1.165, 1.54) is 6.92 Å². The van der Waals surface area contributed by atoms with Crippen molar-refractivity contribution in [1.29, 1.82) is 0 Å². The summed E-state index contributed by atoms with van der Waals surface area (Å²) in [5.41, 5.74) is 5.97. The molecular formula is C10H18N2O3S. The second-order valence-corrected chi connectivity index (χ2v) is 6.82. The van der Waals surface area contributed by atoms with Crippen LogP contribution in [0.4, 0.5) is 0 Å². The maximum absolute atomic E-state index is 11.8. The molecule has 0 aromatic carbocycles. The lowest BCUT2D eigenvalue weighted by atomic mass is 9.84. The molecule has 4 unspecified atom stereocenters. The lowest BCUT2D eigenvalue weighted by molar-refractivity contribution is -0.125. The zero-order valence-electron chi connectivity index (χ0n) is 9.35. The Morgan fingerprint density at radius 2 is 2.00 bits per heavy atom. The minimum atomic E-state index is -3.45. The normalized spacial score (nSPS) is 37.6. The Morgan fingerprint density at radius 3 is 2.50 bits per heavy atom. The maximum Gasteiger partial charge on any atom is 0.238 e. The molecule has 2 rings (SSSR count). The lowest BCUT2D eigenvalue weighted by Crippen LogP contribution is -2.47. The quantitative estimate of drug-likeness (QED) is 0.723. The molecule has 2 aliphatic carbocycles. The second kappa shape index (κ2) is 4.00. The van der Waals surface area contributed by atoms with Gasteiger partial charge in [0.25, 0.3) is 0 Å². The van der Waals surface area contributed by atoms with Crippen LogP contribution in [0.5, 0.6) is 0 Å². The Morgan fingerprint density at radius 1 is 1.38 bits per heavy atom. The van der Waals surface area contributed by atoms with Crippen molar-refractivity contribution >= 4 is 15.9 Å². The number of hydrogen-bond acceptors (Lipinski definition) is 4. The highest BCUT2D eigenvalue weighted by molar-refractivity contribution is 7.90. The molecule has 6 heteroatoms. The summed E-state index contributed by atoms with van der Waals surface area (Å²) in [6, 6.07) is -0.161. The number of fused-ring (bicyclic) bond motifs is 2. The SMILES string of the molecule is CCS(=O)(=O)NC(=O)C1C2CCC(C2)C1N. The number of rotatable bonds is 3. The van der Waals surface area contributed by atoms with Gasteiger partial charge in [-0.1, -0.05) is 0 Å². The third-order valence-corrected chi connectivity index (χ3v) is 5.19. The molecule has 5 nitrogen and oxygen atoms in total. The number of nitrogens with one attached hydrogen (secondary N) is 1. The van der Waals surface area contributed by atoms with Crippen LogP contribution in [-0.4, -0.2) is 26.1 Å². The fraction of sp³-hybridized carbons (Fsp3) is 0.900. The van der Waals surface area contributed by atoms with Crippen LogP contribution in [0.2, 0.25) is 0 Å². The predicted molar refractivity (Wildman–Crippen MR) is 59.9 cm³/mol. The molecule has 0 spiro atoms. The Balaban J connectivity index is 2.06. The summed E-state index contributed by atoms with van der Waals surface area (Å²) in [6.45, 7) is 1.51.